The molecule has 1 aliphatic heterocycles. The van der Waals surface area contributed by atoms with Crippen LogP contribution in [0.25, 0.3) is 0 Å². The van der Waals surface area contributed by atoms with E-state index in [0.717, 1.165) is 19.5 Å². The normalized spacial score (nSPS) is 18.5. The molecule has 1 aliphatic rings. The molecule has 0 bridgehead atoms. The van der Waals surface area contributed by atoms with E-state index in [4.69, 9.17) is 4.74 Å². The van der Waals surface area contributed by atoms with Crippen molar-refractivity contribution in [2.24, 2.45) is 0 Å². The number of methoxy groups -OCH3 is 1. The maximum atomic E-state index is 5.54. The fraction of sp³-hybridized carbons (Fsp3) is 0.684. The van der Waals surface area contributed by atoms with E-state index in [2.05, 4.69) is 62.2 Å². The van der Waals surface area contributed by atoms with E-state index in [9.17, 15) is 0 Å². The quantitative estimate of drug-likeness (QED) is 0.866. The molecule has 0 amide bonds. The van der Waals surface area contributed by atoms with E-state index < -0.39 is 0 Å². The molecule has 0 spiro atoms. The molecule has 1 aromatic carbocycles. The Kier molecular flexibility index (Phi) is 5.87. The van der Waals surface area contributed by atoms with Gasteiger partial charge in [0, 0.05) is 38.0 Å². The lowest BCUT2D eigenvalue weighted by atomic mass is 9.97. The maximum Gasteiger partial charge on any atom is 0.0637 e. The zero-order chi connectivity index (χ0) is 16.2. The minimum atomic E-state index is -0.0469. The Bertz CT molecular complexity index is 464. The summed E-state index contributed by atoms with van der Waals surface area (Å²) in [4.78, 5) is 2.51. The molecule has 0 aromatic heterocycles. The second-order valence-electron chi connectivity index (χ2n) is 7.34. The van der Waals surface area contributed by atoms with Gasteiger partial charge in [0.15, 0.2) is 0 Å². The number of rotatable bonds is 6. The van der Waals surface area contributed by atoms with Crippen molar-refractivity contribution in [2.75, 3.05) is 25.1 Å². The predicted molar refractivity (Wildman–Crippen MR) is 94.7 cm³/mol. The van der Waals surface area contributed by atoms with Gasteiger partial charge in [-0.25, -0.2) is 0 Å². The summed E-state index contributed by atoms with van der Waals surface area (Å²) in [5.74, 6) is 0. The first-order valence-electron chi connectivity index (χ1n) is 8.52. The van der Waals surface area contributed by atoms with Crippen LogP contribution in [0.15, 0.2) is 24.3 Å². The molecular weight excluding hydrogens is 272 g/mol. The van der Waals surface area contributed by atoms with Crippen LogP contribution in [0.3, 0.4) is 0 Å². The van der Waals surface area contributed by atoms with Crippen molar-refractivity contribution in [1.82, 2.24) is 5.32 Å². The minimum Gasteiger partial charge on any atom is -0.379 e. The fourth-order valence-corrected chi connectivity index (χ4v) is 3.41. The van der Waals surface area contributed by atoms with Gasteiger partial charge in [0.2, 0.25) is 0 Å². The Morgan fingerprint density at radius 3 is 2.59 bits per heavy atom. The molecule has 2 rings (SSSR count). The monoisotopic (exact) mass is 304 g/mol. The van der Waals surface area contributed by atoms with Crippen LogP contribution in [0.5, 0.6) is 0 Å². The summed E-state index contributed by atoms with van der Waals surface area (Å²) < 4.78 is 5.54. The Hall–Kier alpha value is -1.06. The van der Waals surface area contributed by atoms with Crippen LogP contribution in [0.2, 0.25) is 0 Å². The number of benzene rings is 1. The molecule has 1 heterocycles. The van der Waals surface area contributed by atoms with Crippen LogP contribution in [-0.2, 0) is 4.74 Å². The highest BCUT2D eigenvalue weighted by Gasteiger charge is 2.24. The topological polar surface area (TPSA) is 24.5 Å². The first-order valence-corrected chi connectivity index (χ1v) is 8.52. The van der Waals surface area contributed by atoms with Gasteiger partial charge in [-0.15, -0.1) is 0 Å². The largest absolute Gasteiger partial charge is 0.379 e. The number of hydrogen-bond acceptors (Lipinski definition) is 3. The molecule has 0 radical (unpaired) electrons. The lowest BCUT2D eigenvalue weighted by Gasteiger charge is -2.36. The second-order valence-corrected chi connectivity index (χ2v) is 7.34. The molecule has 3 nitrogen and oxygen atoms in total. The minimum absolute atomic E-state index is 0.0469. The Balaban J connectivity index is 1.80. The number of piperidine rings is 1. The third-order valence-corrected chi connectivity index (χ3v) is 4.73. The lowest BCUT2D eigenvalue weighted by molar-refractivity contribution is 0.00744. The fourth-order valence-electron chi connectivity index (χ4n) is 3.41. The van der Waals surface area contributed by atoms with Crippen molar-refractivity contribution in [2.45, 2.75) is 64.6 Å². The maximum absolute atomic E-state index is 5.54. The van der Waals surface area contributed by atoms with Crippen molar-refractivity contribution in [1.29, 1.82) is 0 Å². The highest BCUT2D eigenvalue weighted by Crippen LogP contribution is 2.22. The zero-order valence-corrected chi connectivity index (χ0v) is 14.9. The molecule has 3 heteroatoms. The number of nitrogens with zero attached hydrogens (tertiary/aromatic N) is 1. The van der Waals surface area contributed by atoms with Crippen molar-refractivity contribution in [3.63, 3.8) is 0 Å². The Morgan fingerprint density at radius 1 is 1.32 bits per heavy atom. The van der Waals surface area contributed by atoms with Gasteiger partial charge < -0.3 is 15.0 Å². The molecule has 22 heavy (non-hydrogen) atoms. The molecule has 1 aromatic rings. The van der Waals surface area contributed by atoms with E-state index in [0.29, 0.717) is 12.1 Å². The van der Waals surface area contributed by atoms with Crippen LogP contribution in [-0.4, -0.2) is 37.9 Å². The summed E-state index contributed by atoms with van der Waals surface area (Å²) in [6, 6.07) is 9.96. The third-order valence-electron chi connectivity index (χ3n) is 4.73. The van der Waals surface area contributed by atoms with E-state index in [1.807, 2.05) is 0 Å². The standard InChI is InChI=1S/C19H32N2O/c1-15-7-6-8-18(13-15)21-11-9-17(10-12-21)20-16(2)14-19(3,4)22-5/h6-8,13,16-17,20H,9-12,14H2,1-5H3/t16-/m0/s1. The van der Waals surface area contributed by atoms with Gasteiger partial charge in [-0.1, -0.05) is 12.1 Å². The van der Waals surface area contributed by atoms with Crippen LogP contribution in [0, 0.1) is 6.92 Å². The molecular formula is C19H32N2O. The molecule has 0 aliphatic carbocycles. The van der Waals surface area contributed by atoms with Gasteiger partial charge >= 0.3 is 0 Å². The van der Waals surface area contributed by atoms with Gasteiger partial charge in [-0.3, -0.25) is 0 Å². The molecule has 1 N–H and O–H groups in total. The second kappa shape index (κ2) is 7.47. The van der Waals surface area contributed by atoms with Gasteiger partial charge in [0.25, 0.3) is 0 Å². The number of anilines is 1. The number of aryl methyl sites for hydroxylation is 1. The predicted octanol–water partition coefficient (Wildman–Crippen LogP) is 3.76. The van der Waals surface area contributed by atoms with E-state index >= 15 is 0 Å². The first-order chi connectivity index (χ1) is 10.4. The summed E-state index contributed by atoms with van der Waals surface area (Å²) in [6.07, 6.45) is 3.47. The van der Waals surface area contributed by atoms with Crippen molar-refractivity contribution in [3.8, 4) is 0 Å². The van der Waals surface area contributed by atoms with Gasteiger partial charge in [-0.05, 0) is 64.7 Å². The SMILES string of the molecule is COC(C)(C)C[C@H](C)NC1CCN(c2cccc(C)c2)CC1. The molecule has 1 atom stereocenters. The van der Waals surface area contributed by atoms with Gasteiger partial charge in [0.1, 0.15) is 0 Å². The summed E-state index contributed by atoms with van der Waals surface area (Å²) >= 11 is 0. The first kappa shape index (κ1) is 17.3. The van der Waals surface area contributed by atoms with Crippen LogP contribution in [0.4, 0.5) is 5.69 Å². The Labute approximate surface area is 136 Å². The smallest absolute Gasteiger partial charge is 0.0637 e. The average molecular weight is 304 g/mol. The number of nitrogens with one attached hydrogen (secondary N) is 1. The van der Waals surface area contributed by atoms with E-state index in [1.165, 1.54) is 24.1 Å². The van der Waals surface area contributed by atoms with Crippen molar-refractivity contribution in [3.05, 3.63) is 29.8 Å². The molecule has 0 unspecified atom stereocenters. The van der Waals surface area contributed by atoms with Crippen LogP contribution >= 0.6 is 0 Å². The summed E-state index contributed by atoms with van der Waals surface area (Å²) in [6.45, 7) is 11.0. The highest BCUT2D eigenvalue weighted by atomic mass is 16.5. The highest BCUT2D eigenvalue weighted by molar-refractivity contribution is 5.48. The zero-order valence-electron chi connectivity index (χ0n) is 14.9. The van der Waals surface area contributed by atoms with Crippen molar-refractivity contribution < 1.29 is 4.74 Å². The van der Waals surface area contributed by atoms with E-state index in [-0.39, 0.29) is 5.60 Å². The number of hydrogen-bond donors (Lipinski definition) is 1. The van der Waals surface area contributed by atoms with Crippen LogP contribution in [0.1, 0.15) is 45.6 Å². The molecule has 0 saturated carbocycles. The van der Waals surface area contributed by atoms with Gasteiger partial charge in [-0.2, -0.15) is 0 Å². The summed E-state index contributed by atoms with van der Waals surface area (Å²) in [5.41, 5.74) is 2.66. The van der Waals surface area contributed by atoms with Crippen molar-refractivity contribution >= 4 is 5.69 Å². The summed E-state index contributed by atoms with van der Waals surface area (Å²) in [5, 5.41) is 3.79. The molecule has 1 saturated heterocycles. The third kappa shape index (κ3) is 4.99. The summed E-state index contributed by atoms with van der Waals surface area (Å²) in [7, 11) is 1.80. The van der Waals surface area contributed by atoms with Crippen LogP contribution < -0.4 is 10.2 Å². The lowest BCUT2D eigenvalue weighted by Crippen LogP contribution is -2.47. The number of ether oxygens (including phenoxy) is 1. The average Bonchev–Trinajstić information content (AvgIpc) is 2.47. The molecule has 124 valence electrons. The molecule has 1 fully saturated rings. The Morgan fingerprint density at radius 2 is 2.00 bits per heavy atom. The van der Waals surface area contributed by atoms with Gasteiger partial charge in [0.05, 0.1) is 5.60 Å². The van der Waals surface area contributed by atoms with E-state index in [1.54, 1.807) is 7.11 Å².